The fourth-order valence-electron chi connectivity index (χ4n) is 2.58. The van der Waals surface area contributed by atoms with Crippen molar-refractivity contribution in [1.82, 2.24) is 0 Å². The van der Waals surface area contributed by atoms with E-state index in [1.807, 2.05) is 0 Å². The van der Waals surface area contributed by atoms with Gasteiger partial charge < -0.3 is 9.66 Å². The Kier molecular flexibility index (Phi) is 18.7. The molecule has 0 fully saturated rings. The number of rotatable bonds is 14. The topological polar surface area (TPSA) is 77.4 Å². The Morgan fingerprint density at radius 1 is 0.864 bits per heavy atom. The van der Waals surface area contributed by atoms with Crippen molar-refractivity contribution < 1.29 is 69.5 Å². The molecule has 0 aliphatic rings. The van der Waals surface area contributed by atoms with E-state index in [-0.39, 0.29) is 51.4 Å². The molecule has 0 aromatic rings. The van der Waals surface area contributed by atoms with E-state index >= 15 is 0 Å². The van der Waals surface area contributed by atoms with E-state index < -0.39 is 21.5 Å². The van der Waals surface area contributed by atoms with Gasteiger partial charge >= 0.3 is 51.4 Å². The van der Waals surface area contributed by atoms with Gasteiger partial charge in [0, 0.05) is 5.25 Å². The Labute approximate surface area is 180 Å². The van der Waals surface area contributed by atoms with Gasteiger partial charge in [0.05, 0.1) is 16.2 Å². The molecule has 0 radical (unpaired) electrons. The van der Waals surface area contributed by atoms with Crippen LogP contribution in [0.15, 0.2) is 0 Å². The monoisotopic (exact) mass is 360 g/mol. The van der Waals surface area contributed by atoms with Crippen molar-refractivity contribution in [3.8, 4) is 0 Å². The molecule has 128 valence electrons. The average molecular weight is 361 g/mol. The van der Waals surface area contributed by atoms with Gasteiger partial charge in [0.1, 0.15) is 0 Å². The molecule has 0 rings (SSSR count). The minimum Gasteiger partial charge on any atom is -0.748 e. The summed E-state index contributed by atoms with van der Waals surface area (Å²) in [5, 5.41) is 8.41. The fourth-order valence-corrected chi connectivity index (χ4v) is 3.49. The smallest absolute Gasteiger partial charge is 0.748 e. The van der Waals surface area contributed by atoms with Crippen molar-refractivity contribution in [2.45, 2.75) is 102 Å². The van der Waals surface area contributed by atoms with Crippen LogP contribution in [0.2, 0.25) is 0 Å². The molecule has 0 spiro atoms. The zero-order valence-corrected chi connectivity index (χ0v) is 18.7. The van der Waals surface area contributed by atoms with Gasteiger partial charge in [0.2, 0.25) is 0 Å². The molecule has 0 bridgehead atoms. The Balaban J connectivity index is 0. The maximum absolute atomic E-state index is 11.2. The molecule has 22 heavy (non-hydrogen) atoms. The molecule has 0 aromatic heterocycles. The third-order valence-corrected chi connectivity index (χ3v) is 5.22. The molecule has 0 aliphatic carbocycles. The van der Waals surface area contributed by atoms with E-state index in [1.54, 1.807) is 6.92 Å². The second kappa shape index (κ2) is 16.0. The first-order chi connectivity index (χ1) is 9.88. The first-order valence-corrected chi connectivity index (χ1v) is 9.97. The molecule has 4 nitrogen and oxygen atoms in total. The van der Waals surface area contributed by atoms with Gasteiger partial charge in [-0.15, -0.1) is 0 Å². The second-order valence-corrected chi connectivity index (χ2v) is 7.81. The van der Waals surface area contributed by atoms with E-state index in [9.17, 15) is 18.1 Å². The summed E-state index contributed by atoms with van der Waals surface area (Å²) in [6, 6.07) is 0. The largest absolute Gasteiger partial charge is 1.00 e. The minimum absolute atomic E-state index is 0. The van der Waals surface area contributed by atoms with E-state index in [0.29, 0.717) is 25.7 Å². The average Bonchev–Trinajstić information content (AvgIpc) is 2.38. The summed E-state index contributed by atoms with van der Waals surface area (Å²) in [7, 11) is -4.20. The Bertz CT molecular complexity index is 331. The number of hydrogen-bond acceptors (Lipinski definition) is 4. The van der Waals surface area contributed by atoms with Crippen molar-refractivity contribution in [2.75, 3.05) is 0 Å². The van der Waals surface area contributed by atoms with Gasteiger partial charge in [-0.1, -0.05) is 58.3 Å². The molecule has 0 heterocycles. The van der Waals surface area contributed by atoms with Crippen molar-refractivity contribution in [1.29, 1.82) is 0 Å². The van der Waals surface area contributed by atoms with Crippen molar-refractivity contribution >= 4 is 10.1 Å². The first kappa shape index (κ1) is 25.7. The standard InChI is InChI=1S/C16H34O4S.K/c1-3-4-5-6-7-8-9-10-13-16(21(18,19)20)14-11-12-15(2)17;/h15-17H,3-14H2,1-2H3,(H,18,19,20);/q;+1/p-1. The Morgan fingerprint density at radius 2 is 1.32 bits per heavy atom. The summed E-state index contributed by atoms with van der Waals surface area (Å²) in [6.07, 6.45) is 10.8. The van der Waals surface area contributed by atoms with Crippen LogP contribution in [0.25, 0.3) is 0 Å². The Hall–Kier alpha value is 1.51. The van der Waals surface area contributed by atoms with Crippen LogP contribution in [-0.4, -0.2) is 29.4 Å². The second-order valence-electron chi connectivity index (χ2n) is 6.16. The number of hydrogen-bond donors (Lipinski definition) is 1. The van der Waals surface area contributed by atoms with E-state index in [4.69, 9.17) is 0 Å². The third-order valence-electron chi connectivity index (χ3n) is 3.94. The van der Waals surface area contributed by atoms with Crippen LogP contribution in [-0.2, 0) is 10.1 Å². The maximum Gasteiger partial charge on any atom is 1.00 e. The van der Waals surface area contributed by atoms with Gasteiger partial charge in [0.15, 0.2) is 0 Å². The van der Waals surface area contributed by atoms with Gasteiger partial charge in [-0.05, 0) is 32.6 Å². The zero-order chi connectivity index (χ0) is 16.1. The summed E-state index contributed by atoms with van der Waals surface area (Å²) < 4.78 is 33.7. The molecule has 0 amide bonds. The molecular formula is C16H33KO4S. The zero-order valence-electron chi connectivity index (χ0n) is 14.7. The molecular weight excluding hydrogens is 327 g/mol. The van der Waals surface area contributed by atoms with Crippen LogP contribution >= 0.6 is 0 Å². The fraction of sp³-hybridized carbons (Fsp3) is 1.00. The van der Waals surface area contributed by atoms with Gasteiger partial charge in [-0.2, -0.15) is 0 Å². The minimum atomic E-state index is -4.20. The summed E-state index contributed by atoms with van der Waals surface area (Å²) >= 11 is 0. The molecule has 0 saturated carbocycles. The van der Waals surface area contributed by atoms with Gasteiger partial charge in [-0.25, -0.2) is 8.42 Å². The van der Waals surface area contributed by atoms with Crippen LogP contribution in [0, 0.1) is 0 Å². The van der Waals surface area contributed by atoms with Crippen LogP contribution in [0.3, 0.4) is 0 Å². The van der Waals surface area contributed by atoms with Crippen LogP contribution in [0.5, 0.6) is 0 Å². The molecule has 1 N–H and O–H groups in total. The molecule has 6 heteroatoms. The summed E-state index contributed by atoms with van der Waals surface area (Å²) in [4.78, 5) is 0. The Morgan fingerprint density at radius 3 is 1.77 bits per heavy atom. The van der Waals surface area contributed by atoms with Crippen molar-refractivity contribution in [3.05, 3.63) is 0 Å². The maximum atomic E-state index is 11.2. The number of aliphatic hydroxyl groups is 1. The predicted molar refractivity (Wildman–Crippen MR) is 86.2 cm³/mol. The SMILES string of the molecule is CCCCCCCCCCC(CCCC(C)O)S(=O)(=O)[O-].[K+]. The van der Waals surface area contributed by atoms with Crippen molar-refractivity contribution in [3.63, 3.8) is 0 Å². The summed E-state index contributed by atoms with van der Waals surface area (Å²) in [5.41, 5.74) is 0. The molecule has 2 atom stereocenters. The van der Waals surface area contributed by atoms with Gasteiger partial charge in [-0.3, -0.25) is 0 Å². The van der Waals surface area contributed by atoms with Crippen LogP contribution in [0.1, 0.15) is 90.9 Å². The van der Waals surface area contributed by atoms with E-state index in [2.05, 4.69) is 6.92 Å². The first-order valence-electron chi connectivity index (χ1n) is 8.50. The van der Waals surface area contributed by atoms with Crippen LogP contribution < -0.4 is 51.4 Å². The molecule has 2 unspecified atom stereocenters. The van der Waals surface area contributed by atoms with E-state index in [0.717, 1.165) is 19.3 Å². The van der Waals surface area contributed by atoms with Gasteiger partial charge in [0.25, 0.3) is 0 Å². The quantitative estimate of drug-likeness (QED) is 0.285. The number of unbranched alkanes of at least 4 members (excludes halogenated alkanes) is 7. The number of aliphatic hydroxyl groups excluding tert-OH is 1. The predicted octanol–water partition coefficient (Wildman–Crippen LogP) is 0.986. The molecule has 0 saturated heterocycles. The summed E-state index contributed by atoms with van der Waals surface area (Å²) in [5.74, 6) is 0. The third kappa shape index (κ3) is 16.4. The van der Waals surface area contributed by atoms with Crippen molar-refractivity contribution in [2.24, 2.45) is 0 Å². The van der Waals surface area contributed by atoms with Crippen LogP contribution in [0.4, 0.5) is 0 Å². The molecule has 0 aliphatic heterocycles. The van der Waals surface area contributed by atoms with E-state index in [1.165, 1.54) is 32.1 Å². The normalized spacial score (nSPS) is 14.4. The molecule has 0 aromatic carbocycles. The summed E-state index contributed by atoms with van der Waals surface area (Å²) in [6.45, 7) is 3.88.